The van der Waals surface area contributed by atoms with Gasteiger partial charge < -0.3 is 24.8 Å². The smallest absolute Gasteiger partial charge is 0.408 e. The summed E-state index contributed by atoms with van der Waals surface area (Å²) in [5.74, 6) is -0.120. The molecule has 252 valence electrons. The Hall–Kier alpha value is -4.53. The minimum absolute atomic E-state index is 0.0113. The van der Waals surface area contributed by atoms with Crippen LogP contribution >= 0.6 is 23.2 Å². The molecule has 0 saturated heterocycles. The molecule has 0 aliphatic rings. The molecular weight excluding hydrogens is 651 g/mol. The monoisotopic (exact) mass is 690 g/mol. The van der Waals surface area contributed by atoms with Crippen molar-refractivity contribution < 1.29 is 28.6 Å². The Morgan fingerprint density at radius 3 is 1.96 bits per heavy atom. The van der Waals surface area contributed by atoms with Crippen molar-refractivity contribution in [2.24, 2.45) is 0 Å². The fourth-order valence-corrected chi connectivity index (χ4v) is 5.10. The van der Waals surface area contributed by atoms with Crippen molar-refractivity contribution >= 4 is 41.2 Å². The summed E-state index contributed by atoms with van der Waals surface area (Å²) < 4.78 is 16.9. The highest BCUT2D eigenvalue weighted by atomic mass is 35.5. The summed E-state index contributed by atoms with van der Waals surface area (Å²) in [4.78, 5) is 38.3. The maximum Gasteiger partial charge on any atom is 0.408 e. The summed E-state index contributed by atoms with van der Waals surface area (Å²) in [6.45, 7) is 7.88. The zero-order valence-electron chi connectivity index (χ0n) is 27.5. The fourth-order valence-electron chi connectivity index (χ4n) is 4.59. The summed E-state index contributed by atoms with van der Waals surface area (Å²) in [7, 11) is 0. The Labute approximate surface area is 291 Å². The minimum Gasteiger partial charge on any atom is -0.489 e. The lowest BCUT2D eigenvalue weighted by Gasteiger charge is -2.23. The van der Waals surface area contributed by atoms with Gasteiger partial charge in [0.1, 0.15) is 30.6 Å². The molecule has 0 saturated carbocycles. The molecule has 2 amide bonds. The molecule has 0 bridgehead atoms. The molecule has 0 fully saturated rings. The zero-order valence-corrected chi connectivity index (χ0v) is 29.0. The van der Waals surface area contributed by atoms with Crippen LogP contribution in [0.2, 0.25) is 10.0 Å². The lowest BCUT2D eigenvalue weighted by Crippen LogP contribution is -2.45. The minimum atomic E-state index is -1.01. The number of halogens is 2. The van der Waals surface area contributed by atoms with Gasteiger partial charge in [0, 0.05) is 28.6 Å². The van der Waals surface area contributed by atoms with E-state index >= 15 is 0 Å². The second-order valence-corrected chi connectivity index (χ2v) is 13.2. The van der Waals surface area contributed by atoms with Gasteiger partial charge in [-0.05, 0) is 74.2 Å². The van der Waals surface area contributed by atoms with Gasteiger partial charge in [-0.3, -0.25) is 4.79 Å². The maximum absolute atomic E-state index is 13.2. The number of nitrogens with one attached hydrogen (secondary N) is 2. The van der Waals surface area contributed by atoms with Gasteiger partial charge in [-0.2, -0.15) is 0 Å². The first-order chi connectivity index (χ1) is 22.8. The molecular formula is C38H40Cl2N2O6. The lowest BCUT2D eigenvalue weighted by molar-refractivity contribution is -0.147. The largest absolute Gasteiger partial charge is 0.489 e. The number of aryl methyl sites for hydroxylation is 1. The number of amides is 2. The third-order valence-electron chi connectivity index (χ3n) is 7.16. The van der Waals surface area contributed by atoms with Crippen LogP contribution in [0.15, 0.2) is 91.0 Å². The number of carbonyl (C=O) groups is 3. The van der Waals surface area contributed by atoms with Crippen molar-refractivity contribution in [1.29, 1.82) is 0 Å². The van der Waals surface area contributed by atoms with Crippen molar-refractivity contribution in [3.63, 3.8) is 0 Å². The van der Waals surface area contributed by atoms with E-state index < -0.39 is 23.7 Å². The van der Waals surface area contributed by atoms with E-state index in [-0.39, 0.29) is 32.0 Å². The van der Waals surface area contributed by atoms with Crippen LogP contribution in [0, 0.1) is 6.92 Å². The predicted molar refractivity (Wildman–Crippen MR) is 187 cm³/mol. The Morgan fingerprint density at radius 2 is 1.33 bits per heavy atom. The molecule has 1 atom stereocenters. The lowest BCUT2D eigenvalue weighted by atomic mass is 10.1. The predicted octanol–water partition coefficient (Wildman–Crippen LogP) is 7.92. The third-order valence-corrected chi connectivity index (χ3v) is 7.87. The van der Waals surface area contributed by atoms with Gasteiger partial charge in [0.15, 0.2) is 0 Å². The molecule has 48 heavy (non-hydrogen) atoms. The highest BCUT2D eigenvalue weighted by Gasteiger charge is 2.26. The van der Waals surface area contributed by atoms with Crippen LogP contribution in [0.25, 0.3) is 0 Å². The number of benzene rings is 4. The first kappa shape index (κ1) is 36.3. The van der Waals surface area contributed by atoms with Crippen molar-refractivity contribution in [2.75, 3.05) is 0 Å². The molecule has 8 nitrogen and oxygen atoms in total. The molecule has 0 unspecified atom stereocenters. The van der Waals surface area contributed by atoms with E-state index in [9.17, 15) is 14.4 Å². The van der Waals surface area contributed by atoms with Gasteiger partial charge in [0.2, 0.25) is 5.91 Å². The average Bonchev–Trinajstić information content (AvgIpc) is 3.03. The molecule has 0 radical (unpaired) electrons. The Kier molecular flexibility index (Phi) is 12.9. The molecule has 4 rings (SSSR count). The van der Waals surface area contributed by atoms with Crippen LogP contribution in [-0.4, -0.2) is 29.6 Å². The van der Waals surface area contributed by atoms with Crippen LogP contribution in [0.4, 0.5) is 4.79 Å². The standard InChI is InChI=1S/C38H40Cl2N2O6/c1-25-8-10-28(11-9-25)22-41-35(43)21-27-12-14-29(15-13-27)23-47-36(44)34(42-37(45)48-38(2,3)4)20-26-16-18-30(19-17-26)46-24-31-32(39)6-5-7-33(31)40/h5-19,34H,20-24H2,1-4H3,(H,41,43)(H,42,45)/t34-/m0/s1. The van der Waals surface area contributed by atoms with Crippen LogP contribution in [0.5, 0.6) is 5.75 Å². The first-order valence-corrected chi connectivity index (χ1v) is 16.3. The highest BCUT2D eigenvalue weighted by Crippen LogP contribution is 2.26. The van der Waals surface area contributed by atoms with E-state index in [4.69, 9.17) is 37.4 Å². The molecule has 10 heteroatoms. The van der Waals surface area contributed by atoms with E-state index in [0.29, 0.717) is 27.9 Å². The second kappa shape index (κ2) is 17.0. The Bertz CT molecular complexity index is 1660. The van der Waals surface area contributed by atoms with E-state index in [2.05, 4.69) is 10.6 Å². The van der Waals surface area contributed by atoms with Gasteiger partial charge in [-0.25, -0.2) is 9.59 Å². The molecule has 4 aromatic rings. The van der Waals surface area contributed by atoms with Gasteiger partial charge in [-0.1, -0.05) is 95.5 Å². The van der Waals surface area contributed by atoms with Crippen LogP contribution < -0.4 is 15.4 Å². The van der Waals surface area contributed by atoms with Gasteiger partial charge >= 0.3 is 12.1 Å². The molecule has 0 spiro atoms. The van der Waals surface area contributed by atoms with Crippen molar-refractivity contribution in [1.82, 2.24) is 10.6 Å². The quantitative estimate of drug-likeness (QED) is 0.138. The molecule has 0 aliphatic carbocycles. The normalized spacial score (nSPS) is 11.7. The van der Waals surface area contributed by atoms with Gasteiger partial charge in [0.25, 0.3) is 0 Å². The van der Waals surface area contributed by atoms with Gasteiger partial charge in [0.05, 0.1) is 6.42 Å². The van der Waals surface area contributed by atoms with Gasteiger partial charge in [-0.15, -0.1) is 0 Å². The van der Waals surface area contributed by atoms with Crippen molar-refractivity contribution in [3.8, 4) is 5.75 Å². The van der Waals surface area contributed by atoms with E-state index in [1.807, 2.05) is 43.3 Å². The number of alkyl carbamates (subject to hydrolysis) is 1. The third kappa shape index (κ3) is 11.9. The highest BCUT2D eigenvalue weighted by molar-refractivity contribution is 6.35. The number of carbonyl (C=O) groups excluding carboxylic acids is 3. The molecule has 2 N–H and O–H groups in total. The summed E-state index contributed by atoms with van der Waals surface area (Å²) in [5, 5.41) is 6.61. The summed E-state index contributed by atoms with van der Waals surface area (Å²) in [6.07, 6.45) is -0.345. The van der Waals surface area contributed by atoms with E-state index in [0.717, 1.165) is 22.3 Å². The zero-order chi connectivity index (χ0) is 34.7. The number of ether oxygens (including phenoxy) is 3. The van der Waals surface area contributed by atoms with Crippen LogP contribution in [0.1, 0.15) is 54.2 Å². The van der Waals surface area contributed by atoms with E-state index in [1.54, 1.807) is 75.4 Å². The molecule has 4 aromatic carbocycles. The number of rotatable bonds is 13. The topological polar surface area (TPSA) is 103 Å². The fraction of sp³-hybridized carbons (Fsp3) is 0.289. The Morgan fingerprint density at radius 1 is 0.750 bits per heavy atom. The number of esters is 1. The van der Waals surface area contributed by atoms with E-state index in [1.165, 1.54) is 5.56 Å². The molecule has 0 aromatic heterocycles. The molecule has 0 aliphatic heterocycles. The maximum atomic E-state index is 13.2. The summed E-state index contributed by atoms with van der Waals surface area (Å²) >= 11 is 12.5. The van der Waals surface area contributed by atoms with Crippen molar-refractivity contribution in [2.45, 2.75) is 71.9 Å². The summed E-state index contributed by atoms with van der Waals surface area (Å²) in [5.41, 5.74) is 4.47. The van der Waals surface area contributed by atoms with Crippen LogP contribution in [-0.2, 0) is 51.7 Å². The van der Waals surface area contributed by atoms with Crippen molar-refractivity contribution in [3.05, 3.63) is 134 Å². The first-order valence-electron chi connectivity index (χ1n) is 15.6. The number of hydrogen-bond donors (Lipinski definition) is 2. The number of hydrogen-bond acceptors (Lipinski definition) is 6. The second-order valence-electron chi connectivity index (χ2n) is 12.4. The average molecular weight is 692 g/mol. The summed E-state index contributed by atoms with van der Waals surface area (Å²) in [6, 6.07) is 26.7. The Balaban J connectivity index is 1.32. The molecule has 0 heterocycles. The SMILES string of the molecule is Cc1ccc(CNC(=O)Cc2ccc(COC(=O)[C@H](Cc3ccc(OCc4c(Cl)cccc4Cl)cc3)NC(=O)OC(C)(C)C)cc2)cc1. The van der Waals surface area contributed by atoms with Crippen LogP contribution in [0.3, 0.4) is 0 Å².